The van der Waals surface area contributed by atoms with E-state index in [0.29, 0.717) is 18.4 Å². The Labute approximate surface area is 78.6 Å². The molecular formula is C8H18N4O. The van der Waals surface area contributed by atoms with E-state index in [1.165, 1.54) is 0 Å². The van der Waals surface area contributed by atoms with E-state index in [-0.39, 0.29) is 5.96 Å². The maximum absolute atomic E-state index is 10.3. The molecule has 1 atom stereocenters. The molecule has 0 aromatic carbocycles. The summed E-state index contributed by atoms with van der Waals surface area (Å²) in [4.78, 5) is 10.3. The van der Waals surface area contributed by atoms with Gasteiger partial charge in [0.05, 0.1) is 0 Å². The highest BCUT2D eigenvalue weighted by atomic mass is 16.2. The summed E-state index contributed by atoms with van der Waals surface area (Å²) in [7, 11) is 0. The molecule has 0 aliphatic carbocycles. The predicted octanol–water partition coefficient (Wildman–Crippen LogP) is 0.471. The predicted molar refractivity (Wildman–Crippen MR) is 52.5 cm³/mol. The second-order valence-corrected chi connectivity index (χ2v) is 3.47. The summed E-state index contributed by atoms with van der Waals surface area (Å²) in [6.45, 7) is 6.96. The van der Waals surface area contributed by atoms with Crippen molar-refractivity contribution in [2.75, 3.05) is 6.54 Å². The monoisotopic (exact) mass is 186 g/mol. The molecule has 0 heterocycles. The molecule has 0 aliphatic rings. The minimum Gasteiger partial charge on any atom is -0.356 e. The molecule has 0 rings (SSSR count). The summed E-state index contributed by atoms with van der Waals surface area (Å²) in [6, 6.07) is -0.713. The third kappa shape index (κ3) is 5.95. The molecule has 0 fully saturated rings. The fraction of sp³-hybridized carbons (Fsp3) is 0.750. The van der Waals surface area contributed by atoms with E-state index in [0.717, 1.165) is 0 Å². The van der Waals surface area contributed by atoms with Gasteiger partial charge in [0.2, 0.25) is 0 Å². The molecule has 0 bridgehead atoms. The van der Waals surface area contributed by atoms with Gasteiger partial charge in [-0.15, -0.1) is 0 Å². The molecule has 2 amide bonds. The van der Waals surface area contributed by atoms with Crippen LogP contribution in [0.5, 0.6) is 0 Å². The molecule has 0 saturated carbocycles. The highest BCUT2D eigenvalue weighted by molar-refractivity contribution is 5.93. The van der Waals surface area contributed by atoms with Gasteiger partial charge in [-0.25, -0.2) is 4.79 Å². The first-order valence-corrected chi connectivity index (χ1v) is 4.32. The van der Waals surface area contributed by atoms with Crippen molar-refractivity contribution < 1.29 is 4.79 Å². The Bertz CT molecular complexity index is 191. The number of hydrogen-bond donors (Lipinski definition) is 4. The minimum absolute atomic E-state index is 0.0417. The first-order chi connectivity index (χ1) is 5.93. The number of amides is 2. The van der Waals surface area contributed by atoms with Crippen molar-refractivity contribution in [2.45, 2.75) is 20.8 Å². The number of nitrogens with two attached hydrogens (primary N) is 1. The van der Waals surface area contributed by atoms with E-state index in [1.54, 1.807) is 0 Å². The Hall–Kier alpha value is -1.26. The second kappa shape index (κ2) is 5.40. The lowest BCUT2D eigenvalue weighted by atomic mass is 9.98. The zero-order valence-corrected chi connectivity index (χ0v) is 8.35. The van der Waals surface area contributed by atoms with Gasteiger partial charge in [0, 0.05) is 6.54 Å². The molecule has 13 heavy (non-hydrogen) atoms. The van der Waals surface area contributed by atoms with E-state index in [9.17, 15) is 4.79 Å². The van der Waals surface area contributed by atoms with Crippen molar-refractivity contribution in [1.29, 1.82) is 5.41 Å². The molecular weight excluding hydrogens is 168 g/mol. The third-order valence-corrected chi connectivity index (χ3v) is 1.99. The summed E-state index contributed by atoms with van der Waals surface area (Å²) in [5.41, 5.74) is 4.83. The minimum atomic E-state index is -0.713. The van der Waals surface area contributed by atoms with Gasteiger partial charge < -0.3 is 11.1 Å². The van der Waals surface area contributed by atoms with Crippen molar-refractivity contribution >= 4 is 12.0 Å². The molecule has 0 saturated heterocycles. The number of carbonyl (C=O) groups is 1. The standard InChI is InChI=1S/C8H18N4O/c1-5(2)6(3)4-11-7(9)12-8(10)13/h5-6H,4H2,1-3H3,(H5,9,10,11,12,13). The van der Waals surface area contributed by atoms with Gasteiger partial charge in [-0.05, 0) is 11.8 Å². The lowest BCUT2D eigenvalue weighted by Gasteiger charge is -2.16. The Morgan fingerprint density at radius 1 is 1.46 bits per heavy atom. The first kappa shape index (κ1) is 11.7. The van der Waals surface area contributed by atoms with E-state index >= 15 is 0 Å². The van der Waals surface area contributed by atoms with Gasteiger partial charge in [-0.3, -0.25) is 10.7 Å². The quantitative estimate of drug-likeness (QED) is 0.381. The summed E-state index contributed by atoms with van der Waals surface area (Å²) in [5, 5.41) is 12.1. The number of guanidine groups is 1. The molecule has 0 spiro atoms. The van der Waals surface area contributed by atoms with Crippen LogP contribution in [0.2, 0.25) is 0 Å². The summed E-state index contributed by atoms with van der Waals surface area (Å²) < 4.78 is 0. The lowest BCUT2D eigenvalue weighted by molar-refractivity contribution is 0.252. The highest BCUT2D eigenvalue weighted by Crippen LogP contribution is 2.06. The van der Waals surface area contributed by atoms with Crippen molar-refractivity contribution in [2.24, 2.45) is 17.6 Å². The second-order valence-electron chi connectivity index (χ2n) is 3.47. The Kier molecular flexibility index (Phi) is 4.87. The van der Waals surface area contributed by atoms with Crippen LogP contribution in [0.4, 0.5) is 4.79 Å². The SMILES string of the molecule is CC(C)C(C)CNC(=N)NC(N)=O. The summed E-state index contributed by atoms with van der Waals surface area (Å²) in [5.74, 6) is 0.962. The molecule has 5 N–H and O–H groups in total. The van der Waals surface area contributed by atoms with Crippen LogP contribution in [-0.4, -0.2) is 18.5 Å². The van der Waals surface area contributed by atoms with E-state index in [4.69, 9.17) is 11.1 Å². The number of rotatable bonds is 3. The molecule has 5 heteroatoms. The number of urea groups is 1. The fourth-order valence-electron chi connectivity index (χ4n) is 0.666. The fourth-order valence-corrected chi connectivity index (χ4v) is 0.666. The van der Waals surface area contributed by atoms with E-state index in [1.807, 2.05) is 0 Å². The van der Waals surface area contributed by atoms with Gasteiger partial charge in [-0.2, -0.15) is 0 Å². The number of carbonyl (C=O) groups excluding carboxylic acids is 1. The van der Waals surface area contributed by atoms with Crippen LogP contribution in [0.3, 0.4) is 0 Å². The largest absolute Gasteiger partial charge is 0.356 e. The average Bonchev–Trinajstić information content (AvgIpc) is 1.98. The van der Waals surface area contributed by atoms with Crippen molar-refractivity contribution in [3.05, 3.63) is 0 Å². The van der Waals surface area contributed by atoms with Crippen LogP contribution in [0.25, 0.3) is 0 Å². The number of hydrogen-bond acceptors (Lipinski definition) is 2. The van der Waals surface area contributed by atoms with Gasteiger partial charge in [-0.1, -0.05) is 20.8 Å². The molecule has 76 valence electrons. The van der Waals surface area contributed by atoms with Crippen LogP contribution in [0.1, 0.15) is 20.8 Å². The van der Waals surface area contributed by atoms with Crippen LogP contribution in [0.15, 0.2) is 0 Å². The highest BCUT2D eigenvalue weighted by Gasteiger charge is 2.07. The maximum atomic E-state index is 10.3. The van der Waals surface area contributed by atoms with Gasteiger partial charge >= 0.3 is 6.03 Å². The lowest BCUT2D eigenvalue weighted by Crippen LogP contribution is -2.44. The van der Waals surface area contributed by atoms with Crippen molar-refractivity contribution in [3.63, 3.8) is 0 Å². The average molecular weight is 186 g/mol. The third-order valence-electron chi connectivity index (χ3n) is 1.99. The Morgan fingerprint density at radius 2 is 2.00 bits per heavy atom. The van der Waals surface area contributed by atoms with E-state index < -0.39 is 6.03 Å². The Balaban J connectivity index is 3.64. The zero-order valence-electron chi connectivity index (χ0n) is 8.35. The number of nitrogens with one attached hydrogen (secondary N) is 3. The van der Waals surface area contributed by atoms with Crippen molar-refractivity contribution in [1.82, 2.24) is 10.6 Å². The summed E-state index contributed by atoms with van der Waals surface area (Å²) in [6.07, 6.45) is 0. The maximum Gasteiger partial charge on any atom is 0.318 e. The van der Waals surface area contributed by atoms with Gasteiger partial charge in [0.15, 0.2) is 5.96 Å². The van der Waals surface area contributed by atoms with Crippen LogP contribution in [-0.2, 0) is 0 Å². The molecule has 5 nitrogen and oxygen atoms in total. The zero-order chi connectivity index (χ0) is 10.4. The van der Waals surface area contributed by atoms with Crippen LogP contribution < -0.4 is 16.4 Å². The smallest absolute Gasteiger partial charge is 0.318 e. The van der Waals surface area contributed by atoms with E-state index in [2.05, 4.69) is 31.4 Å². The molecule has 0 radical (unpaired) electrons. The molecule has 0 aromatic rings. The van der Waals surface area contributed by atoms with Crippen LogP contribution >= 0.6 is 0 Å². The van der Waals surface area contributed by atoms with Gasteiger partial charge in [0.25, 0.3) is 0 Å². The van der Waals surface area contributed by atoms with Gasteiger partial charge in [0.1, 0.15) is 0 Å². The molecule has 0 aliphatic heterocycles. The number of primary amides is 1. The first-order valence-electron chi connectivity index (χ1n) is 4.32. The summed E-state index contributed by atoms with van der Waals surface area (Å²) >= 11 is 0. The normalized spacial score (nSPS) is 12.3. The molecule has 1 unspecified atom stereocenters. The van der Waals surface area contributed by atoms with Crippen LogP contribution in [0, 0.1) is 17.2 Å². The topological polar surface area (TPSA) is 91.0 Å². The Morgan fingerprint density at radius 3 is 2.38 bits per heavy atom. The molecule has 0 aromatic heterocycles. The van der Waals surface area contributed by atoms with Crippen molar-refractivity contribution in [3.8, 4) is 0 Å².